The Hall–Kier alpha value is -1.68. The van der Waals surface area contributed by atoms with Crippen molar-refractivity contribution < 1.29 is 4.79 Å². The largest absolute Gasteiger partial charge is 0.356 e. The number of nitrogens with one attached hydrogen (secondary N) is 1. The number of pyridine rings is 1. The molecule has 0 aliphatic rings. The van der Waals surface area contributed by atoms with Crippen molar-refractivity contribution in [1.29, 1.82) is 0 Å². The molecule has 0 bridgehead atoms. The summed E-state index contributed by atoms with van der Waals surface area (Å²) < 4.78 is 0. The minimum absolute atomic E-state index is 0.140. The normalized spacial score (nSPS) is 10.4. The summed E-state index contributed by atoms with van der Waals surface area (Å²) in [4.78, 5) is 17.3. The predicted octanol–water partition coefficient (Wildman–Crippen LogP) is 3.13. The molecule has 106 valence electrons. The molecule has 2 rings (SSSR count). The van der Waals surface area contributed by atoms with Gasteiger partial charge < -0.3 is 5.32 Å². The van der Waals surface area contributed by atoms with Gasteiger partial charge in [0.05, 0.1) is 0 Å². The molecule has 1 N–H and O–H groups in total. The van der Waals surface area contributed by atoms with E-state index in [-0.39, 0.29) is 5.91 Å². The monoisotopic (exact) mass is 288 g/mol. The molecule has 3 nitrogen and oxygen atoms in total. The highest BCUT2D eigenvalue weighted by atomic mass is 32.1. The second-order valence-electron chi connectivity index (χ2n) is 4.84. The van der Waals surface area contributed by atoms with Crippen LogP contribution >= 0.6 is 11.3 Å². The average molecular weight is 288 g/mol. The maximum absolute atomic E-state index is 11.7. The number of carbonyl (C=O) groups excluding carboxylic acids is 1. The smallest absolute Gasteiger partial charge is 0.220 e. The lowest BCUT2D eigenvalue weighted by Gasteiger charge is -2.05. The molecule has 2 heterocycles. The molecule has 0 fully saturated rings. The number of aromatic nitrogens is 1. The Kier molecular flexibility index (Phi) is 5.74. The summed E-state index contributed by atoms with van der Waals surface area (Å²) >= 11 is 1.75. The van der Waals surface area contributed by atoms with E-state index in [1.165, 1.54) is 4.88 Å². The number of hydrogen-bond acceptors (Lipinski definition) is 3. The lowest BCUT2D eigenvalue weighted by molar-refractivity contribution is -0.121. The Morgan fingerprint density at radius 1 is 1.30 bits per heavy atom. The number of nitrogens with zero attached hydrogens (tertiary/aromatic N) is 1. The molecule has 0 radical (unpaired) electrons. The van der Waals surface area contributed by atoms with Crippen LogP contribution in [-0.4, -0.2) is 17.4 Å². The number of aryl methyl sites for hydroxylation is 2. The van der Waals surface area contributed by atoms with E-state index in [9.17, 15) is 4.79 Å². The Bertz CT molecular complexity index is 520. The zero-order valence-electron chi connectivity index (χ0n) is 11.8. The van der Waals surface area contributed by atoms with Gasteiger partial charge in [0.25, 0.3) is 0 Å². The van der Waals surface area contributed by atoms with Gasteiger partial charge in [-0.15, -0.1) is 11.3 Å². The van der Waals surface area contributed by atoms with Crippen molar-refractivity contribution in [3.05, 3.63) is 52.0 Å². The fraction of sp³-hybridized carbons (Fsp3) is 0.375. The number of amides is 1. The van der Waals surface area contributed by atoms with Crippen LogP contribution in [0.4, 0.5) is 0 Å². The van der Waals surface area contributed by atoms with Crippen LogP contribution in [0.2, 0.25) is 0 Å². The standard InChI is InChI=1S/C16H20N2OS/c1-13-7-8-14(12-18-13)9-10-17-16(19)6-2-4-15-5-3-11-20-15/h3,5,7-8,11-12H,2,4,6,9-10H2,1H3,(H,17,19). The van der Waals surface area contributed by atoms with E-state index in [4.69, 9.17) is 0 Å². The van der Waals surface area contributed by atoms with Crippen molar-refractivity contribution in [3.8, 4) is 0 Å². The Morgan fingerprint density at radius 2 is 2.20 bits per heavy atom. The summed E-state index contributed by atoms with van der Waals surface area (Å²) in [5.74, 6) is 0.140. The van der Waals surface area contributed by atoms with Crippen LogP contribution in [0.3, 0.4) is 0 Å². The first-order chi connectivity index (χ1) is 9.74. The van der Waals surface area contributed by atoms with Gasteiger partial charge in [-0.3, -0.25) is 9.78 Å². The number of rotatable bonds is 7. The molecule has 0 saturated carbocycles. The van der Waals surface area contributed by atoms with E-state index in [1.807, 2.05) is 19.2 Å². The van der Waals surface area contributed by atoms with Crippen molar-refractivity contribution in [2.75, 3.05) is 6.54 Å². The summed E-state index contributed by atoms with van der Waals surface area (Å²) in [5.41, 5.74) is 2.18. The maximum atomic E-state index is 11.7. The van der Waals surface area contributed by atoms with Crippen LogP contribution in [0.25, 0.3) is 0 Å². The van der Waals surface area contributed by atoms with Crippen LogP contribution < -0.4 is 5.32 Å². The molecule has 4 heteroatoms. The van der Waals surface area contributed by atoms with Crippen molar-refractivity contribution in [3.63, 3.8) is 0 Å². The summed E-state index contributed by atoms with van der Waals surface area (Å²) in [6.07, 6.45) is 5.22. The molecule has 0 aliphatic carbocycles. The number of carbonyl (C=O) groups is 1. The Balaban J connectivity index is 1.59. The fourth-order valence-corrected chi connectivity index (χ4v) is 2.71. The third-order valence-electron chi connectivity index (χ3n) is 3.12. The SMILES string of the molecule is Cc1ccc(CCNC(=O)CCCc2cccs2)cn1. The highest BCUT2D eigenvalue weighted by Gasteiger charge is 2.02. The second-order valence-corrected chi connectivity index (χ2v) is 5.87. The summed E-state index contributed by atoms with van der Waals surface area (Å²) in [7, 11) is 0. The molecule has 0 aliphatic heterocycles. The van der Waals surface area contributed by atoms with E-state index < -0.39 is 0 Å². The number of thiophene rings is 1. The van der Waals surface area contributed by atoms with Crippen LogP contribution in [0.1, 0.15) is 29.0 Å². The lowest BCUT2D eigenvalue weighted by atomic mass is 10.2. The molecule has 20 heavy (non-hydrogen) atoms. The quantitative estimate of drug-likeness (QED) is 0.850. The second kappa shape index (κ2) is 7.80. The van der Waals surface area contributed by atoms with Gasteiger partial charge in [-0.1, -0.05) is 12.1 Å². The Morgan fingerprint density at radius 3 is 2.90 bits per heavy atom. The maximum Gasteiger partial charge on any atom is 0.220 e. The third kappa shape index (κ3) is 5.13. The molecule has 1 amide bonds. The van der Waals surface area contributed by atoms with Crippen molar-refractivity contribution >= 4 is 17.2 Å². The van der Waals surface area contributed by atoms with Gasteiger partial charge in [-0.2, -0.15) is 0 Å². The van der Waals surface area contributed by atoms with Gasteiger partial charge in [0.2, 0.25) is 5.91 Å². The zero-order chi connectivity index (χ0) is 14.2. The van der Waals surface area contributed by atoms with Gasteiger partial charge in [0.1, 0.15) is 0 Å². The molecule has 2 aromatic heterocycles. The van der Waals surface area contributed by atoms with E-state index in [0.717, 1.165) is 30.5 Å². The average Bonchev–Trinajstić information content (AvgIpc) is 2.94. The van der Waals surface area contributed by atoms with E-state index in [1.54, 1.807) is 11.3 Å². The molecule has 0 spiro atoms. The molecule has 0 saturated heterocycles. The topological polar surface area (TPSA) is 42.0 Å². The van der Waals surface area contributed by atoms with E-state index in [0.29, 0.717) is 13.0 Å². The molecule has 2 aromatic rings. The van der Waals surface area contributed by atoms with E-state index >= 15 is 0 Å². The molecular weight excluding hydrogens is 268 g/mol. The van der Waals surface area contributed by atoms with Crippen LogP contribution in [0.5, 0.6) is 0 Å². The third-order valence-corrected chi connectivity index (χ3v) is 4.05. The lowest BCUT2D eigenvalue weighted by Crippen LogP contribution is -2.25. The first-order valence-corrected chi connectivity index (χ1v) is 7.82. The van der Waals surface area contributed by atoms with Gasteiger partial charge in [-0.25, -0.2) is 0 Å². The molecule has 0 atom stereocenters. The van der Waals surface area contributed by atoms with Crippen LogP contribution in [0, 0.1) is 6.92 Å². The summed E-state index contributed by atoms with van der Waals surface area (Å²) in [5, 5.41) is 5.04. The van der Waals surface area contributed by atoms with Crippen molar-refractivity contribution in [2.45, 2.75) is 32.6 Å². The summed E-state index contributed by atoms with van der Waals surface area (Å²) in [6.45, 7) is 2.65. The van der Waals surface area contributed by atoms with Gasteiger partial charge >= 0.3 is 0 Å². The first-order valence-electron chi connectivity index (χ1n) is 6.94. The highest BCUT2D eigenvalue weighted by molar-refractivity contribution is 7.09. The predicted molar refractivity (Wildman–Crippen MR) is 82.9 cm³/mol. The zero-order valence-corrected chi connectivity index (χ0v) is 12.6. The van der Waals surface area contributed by atoms with E-state index in [2.05, 4.69) is 33.9 Å². The summed E-state index contributed by atoms with van der Waals surface area (Å²) in [6, 6.07) is 8.23. The molecule has 0 unspecified atom stereocenters. The number of hydrogen-bond donors (Lipinski definition) is 1. The van der Waals surface area contributed by atoms with Crippen LogP contribution in [0.15, 0.2) is 35.8 Å². The van der Waals surface area contributed by atoms with Gasteiger partial charge in [0, 0.05) is 29.7 Å². The fourth-order valence-electron chi connectivity index (χ4n) is 1.96. The van der Waals surface area contributed by atoms with Gasteiger partial charge in [-0.05, 0) is 49.3 Å². The molecular formula is C16H20N2OS. The van der Waals surface area contributed by atoms with Crippen LogP contribution in [-0.2, 0) is 17.6 Å². The highest BCUT2D eigenvalue weighted by Crippen LogP contribution is 2.11. The van der Waals surface area contributed by atoms with Crippen molar-refractivity contribution in [1.82, 2.24) is 10.3 Å². The Labute approximate surface area is 124 Å². The first kappa shape index (κ1) is 14.7. The van der Waals surface area contributed by atoms with Gasteiger partial charge in [0.15, 0.2) is 0 Å². The molecule has 0 aromatic carbocycles. The minimum atomic E-state index is 0.140. The van der Waals surface area contributed by atoms with Crippen molar-refractivity contribution in [2.24, 2.45) is 0 Å². The minimum Gasteiger partial charge on any atom is -0.356 e.